The molecule has 4 rings (SSSR count). The predicted octanol–water partition coefficient (Wildman–Crippen LogP) is 3.92. The van der Waals surface area contributed by atoms with Gasteiger partial charge in [0.1, 0.15) is 11.9 Å². The molecule has 0 saturated heterocycles. The van der Waals surface area contributed by atoms with E-state index in [4.69, 9.17) is 4.74 Å². The van der Waals surface area contributed by atoms with E-state index in [-0.39, 0.29) is 6.10 Å². The molecule has 3 heterocycles. The SMILES string of the molecule is Cc1ccc2c(c1)CN(Cc1ccn[nH]1)CC(c1ccsc1)O2. The number of H-pyrrole nitrogens is 1. The van der Waals surface area contributed by atoms with Crippen molar-refractivity contribution in [3.63, 3.8) is 0 Å². The Kier molecular flexibility index (Phi) is 3.89. The molecule has 1 N–H and O–H groups in total. The highest BCUT2D eigenvalue weighted by Gasteiger charge is 2.25. The first-order valence-electron chi connectivity index (χ1n) is 7.77. The summed E-state index contributed by atoms with van der Waals surface area (Å²) >= 11 is 1.72. The lowest BCUT2D eigenvalue weighted by molar-refractivity contribution is 0.143. The molecule has 118 valence electrons. The van der Waals surface area contributed by atoms with Gasteiger partial charge in [-0.3, -0.25) is 10.00 Å². The first kappa shape index (κ1) is 14.5. The van der Waals surface area contributed by atoms with E-state index in [0.717, 1.165) is 31.1 Å². The minimum Gasteiger partial charge on any atom is -0.484 e. The number of ether oxygens (including phenoxy) is 1. The summed E-state index contributed by atoms with van der Waals surface area (Å²) in [5, 5.41) is 11.4. The number of fused-ring (bicyclic) bond motifs is 1. The molecule has 0 spiro atoms. The summed E-state index contributed by atoms with van der Waals surface area (Å²) in [4.78, 5) is 2.42. The van der Waals surface area contributed by atoms with Crippen LogP contribution in [0.15, 0.2) is 47.3 Å². The lowest BCUT2D eigenvalue weighted by atomic mass is 10.1. The van der Waals surface area contributed by atoms with Crippen molar-refractivity contribution < 1.29 is 4.74 Å². The van der Waals surface area contributed by atoms with Crippen molar-refractivity contribution in [1.82, 2.24) is 15.1 Å². The van der Waals surface area contributed by atoms with E-state index in [0.29, 0.717) is 0 Å². The van der Waals surface area contributed by atoms with Crippen molar-refractivity contribution in [3.8, 4) is 5.75 Å². The van der Waals surface area contributed by atoms with Gasteiger partial charge in [-0.2, -0.15) is 16.4 Å². The Bertz CT molecular complexity index is 768. The Morgan fingerprint density at radius 1 is 1.35 bits per heavy atom. The molecule has 1 aliphatic heterocycles. The lowest BCUT2D eigenvalue weighted by Crippen LogP contribution is -2.27. The fraction of sp³-hybridized carbons (Fsp3) is 0.278. The Morgan fingerprint density at radius 2 is 2.30 bits per heavy atom. The van der Waals surface area contributed by atoms with E-state index in [1.165, 1.54) is 16.7 Å². The van der Waals surface area contributed by atoms with Crippen LogP contribution < -0.4 is 4.74 Å². The summed E-state index contributed by atoms with van der Waals surface area (Å²) in [6, 6.07) is 10.6. The molecule has 3 aromatic rings. The molecular weight excluding hydrogens is 306 g/mol. The summed E-state index contributed by atoms with van der Waals surface area (Å²) in [5.74, 6) is 0.999. The van der Waals surface area contributed by atoms with Gasteiger partial charge in [-0.25, -0.2) is 0 Å². The Labute approximate surface area is 139 Å². The monoisotopic (exact) mass is 325 g/mol. The number of hydrogen-bond acceptors (Lipinski definition) is 4. The van der Waals surface area contributed by atoms with Crippen LogP contribution in [0.5, 0.6) is 5.75 Å². The largest absolute Gasteiger partial charge is 0.484 e. The Hall–Kier alpha value is -2.11. The molecule has 4 nitrogen and oxygen atoms in total. The minimum absolute atomic E-state index is 0.0631. The Balaban J connectivity index is 1.66. The Morgan fingerprint density at radius 3 is 3.09 bits per heavy atom. The highest BCUT2D eigenvalue weighted by molar-refractivity contribution is 7.07. The molecule has 0 amide bonds. The van der Waals surface area contributed by atoms with Crippen LogP contribution in [0, 0.1) is 6.92 Å². The molecule has 0 bridgehead atoms. The van der Waals surface area contributed by atoms with Crippen LogP contribution in [-0.4, -0.2) is 21.6 Å². The van der Waals surface area contributed by atoms with Gasteiger partial charge in [0, 0.05) is 42.7 Å². The van der Waals surface area contributed by atoms with E-state index in [2.05, 4.69) is 57.0 Å². The third-order valence-corrected chi connectivity index (χ3v) is 4.87. The van der Waals surface area contributed by atoms with Gasteiger partial charge in [-0.05, 0) is 35.9 Å². The maximum absolute atomic E-state index is 6.34. The number of nitrogens with zero attached hydrogens (tertiary/aromatic N) is 2. The first-order valence-corrected chi connectivity index (χ1v) is 8.71. The highest BCUT2D eigenvalue weighted by Crippen LogP contribution is 2.33. The van der Waals surface area contributed by atoms with Gasteiger partial charge < -0.3 is 4.74 Å². The molecule has 5 heteroatoms. The molecule has 0 saturated carbocycles. The van der Waals surface area contributed by atoms with Crippen LogP contribution in [0.3, 0.4) is 0 Å². The third kappa shape index (κ3) is 3.16. The molecule has 1 aliphatic rings. The smallest absolute Gasteiger partial charge is 0.137 e. The molecule has 1 atom stereocenters. The summed E-state index contributed by atoms with van der Waals surface area (Å²) in [6.07, 6.45) is 1.87. The van der Waals surface area contributed by atoms with Gasteiger partial charge in [-0.15, -0.1) is 0 Å². The predicted molar refractivity (Wildman–Crippen MR) is 91.6 cm³/mol. The number of aryl methyl sites for hydroxylation is 1. The van der Waals surface area contributed by atoms with Gasteiger partial charge in [0.25, 0.3) is 0 Å². The quantitative estimate of drug-likeness (QED) is 0.793. The van der Waals surface area contributed by atoms with Crippen LogP contribution in [0.4, 0.5) is 0 Å². The number of aromatic amines is 1. The van der Waals surface area contributed by atoms with Gasteiger partial charge in [-0.1, -0.05) is 17.7 Å². The summed E-state index contributed by atoms with van der Waals surface area (Å²) < 4.78 is 6.34. The van der Waals surface area contributed by atoms with Gasteiger partial charge in [0.15, 0.2) is 0 Å². The van der Waals surface area contributed by atoms with E-state index >= 15 is 0 Å². The third-order valence-electron chi connectivity index (χ3n) is 4.17. The average Bonchev–Trinajstić information content (AvgIpc) is 3.19. The van der Waals surface area contributed by atoms with Crippen molar-refractivity contribution in [3.05, 3.63) is 69.7 Å². The summed E-state index contributed by atoms with van der Waals surface area (Å²) in [7, 11) is 0. The maximum atomic E-state index is 6.34. The molecule has 23 heavy (non-hydrogen) atoms. The first-order chi connectivity index (χ1) is 11.3. The number of benzene rings is 1. The molecule has 0 radical (unpaired) electrons. The second kappa shape index (κ2) is 6.18. The van der Waals surface area contributed by atoms with Crippen LogP contribution in [0.1, 0.15) is 28.5 Å². The van der Waals surface area contributed by atoms with Crippen molar-refractivity contribution in [2.45, 2.75) is 26.1 Å². The van der Waals surface area contributed by atoms with E-state index in [9.17, 15) is 0 Å². The number of rotatable bonds is 3. The lowest BCUT2D eigenvalue weighted by Gasteiger charge is -2.22. The fourth-order valence-corrected chi connectivity index (χ4v) is 3.74. The van der Waals surface area contributed by atoms with Crippen LogP contribution in [-0.2, 0) is 13.1 Å². The maximum Gasteiger partial charge on any atom is 0.137 e. The van der Waals surface area contributed by atoms with Crippen molar-refractivity contribution in [2.75, 3.05) is 6.54 Å². The van der Waals surface area contributed by atoms with Crippen molar-refractivity contribution >= 4 is 11.3 Å². The van der Waals surface area contributed by atoms with Crippen LogP contribution in [0.25, 0.3) is 0 Å². The molecule has 0 aliphatic carbocycles. The van der Waals surface area contributed by atoms with Crippen LogP contribution >= 0.6 is 11.3 Å². The minimum atomic E-state index is 0.0631. The second-order valence-electron chi connectivity index (χ2n) is 6.03. The highest BCUT2D eigenvalue weighted by atomic mass is 32.1. The second-order valence-corrected chi connectivity index (χ2v) is 6.81. The standard InChI is InChI=1S/C18H19N3OS/c1-13-2-3-17-15(8-13)9-21(10-16-4-6-19-20-16)11-18(22-17)14-5-7-23-12-14/h2-8,12,18H,9-11H2,1H3,(H,19,20). The van der Waals surface area contributed by atoms with Gasteiger partial charge in [0.2, 0.25) is 0 Å². The number of nitrogens with one attached hydrogen (secondary N) is 1. The zero-order valence-corrected chi connectivity index (χ0v) is 13.8. The van der Waals surface area contributed by atoms with E-state index < -0.39 is 0 Å². The molecule has 1 unspecified atom stereocenters. The van der Waals surface area contributed by atoms with Crippen molar-refractivity contribution in [1.29, 1.82) is 0 Å². The topological polar surface area (TPSA) is 41.2 Å². The molecular formula is C18H19N3OS. The molecule has 0 fully saturated rings. The zero-order chi connectivity index (χ0) is 15.6. The van der Waals surface area contributed by atoms with Crippen LogP contribution in [0.2, 0.25) is 0 Å². The van der Waals surface area contributed by atoms with Crippen molar-refractivity contribution in [2.24, 2.45) is 0 Å². The summed E-state index contributed by atoms with van der Waals surface area (Å²) in [5.41, 5.74) is 4.90. The number of aromatic nitrogens is 2. The number of thiophene rings is 1. The summed E-state index contributed by atoms with van der Waals surface area (Å²) in [6.45, 7) is 4.72. The van der Waals surface area contributed by atoms with Gasteiger partial charge in [0.05, 0.1) is 0 Å². The van der Waals surface area contributed by atoms with Gasteiger partial charge >= 0.3 is 0 Å². The zero-order valence-electron chi connectivity index (χ0n) is 13.0. The normalized spacial score (nSPS) is 18.2. The average molecular weight is 325 g/mol. The molecule has 1 aromatic carbocycles. The van der Waals surface area contributed by atoms with E-state index in [1.807, 2.05) is 6.07 Å². The van der Waals surface area contributed by atoms with E-state index in [1.54, 1.807) is 17.5 Å². The fourth-order valence-electron chi connectivity index (χ4n) is 3.04. The number of hydrogen-bond donors (Lipinski definition) is 1. The molecule has 2 aromatic heterocycles.